The van der Waals surface area contributed by atoms with E-state index in [0.717, 1.165) is 0 Å². The van der Waals surface area contributed by atoms with Crippen LogP contribution in [0.5, 0.6) is 0 Å². The van der Waals surface area contributed by atoms with E-state index < -0.39 is 28.3 Å². The SMILES string of the molecule is CN(C)C(=O)C[C@H]1C=C[C@H](NS(=O)(=O)c2ccccc2)[C@@H](CO)O1. The van der Waals surface area contributed by atoms with E-state index in [9.17, 15) is 18.3 Å². The molecule has 1 amide bonds. The average molecular weight is 354 g/mol. The lowest BCUT2D eigenvalue weighted by atomic mass is 10.1. The zero-order valence-electron chi connectivity index (χ0n) is 13.6. The van der Waals surface area contributed by atoms with Crippen molar-refractivity contribution in [2.75, 3.05) is 20.7 Å². The minimum Gasteiger partial charge on any atom is -0.394 e. The third kappa shape index (κ3) is 4.64. The topological polar surface area (TPSA) is 95.9 Å². The van der Waals surface area contributed by atoms with E-state index >= 15 is 0 Å². The Morgan fingerprint density at radius 2 is 1.92 bits per heavy atom. The number of ether oxygens (including phenoxy) is 1. The maximum atomic E-state index is 12.4. The fraction of sp³-hybridized carbons (Fsp3) is 0.438. The van der Waals surface area contributed by atoms with Crippen LogP contribution in [0.25, 0.3) is 0 Å². The van der Waals surface area contributed by atoms with Crippen molar-refractivity contribution in [1.29, 1.82) is 0 Å². The molecule has 0 unspecified atom stereocenters. The molecule has 1 aromatic rings. The summed E-state index contributed by atoms with van der Waals surface area (Å²) in [4.78, 5) is 13.3. The first-order chi connectivity index (χ1) is 11.3. The normalized spacial score (nSPS) is 23.9. The van der Waals surface area contributed by atoms with Crippen molar-refractivity contribution in [2.24, 2.45) is 0 Å². The van der Waals surface area contributed by atoms with Crippen LogP contribution < -0.4 is 4.72 Å². The highest BCUT2D eigenvalue weighted by Crippen LogP contribution is 2.18. The molecule has 2 N–H and O–H groups in total. The fourth-order valence-electron chi connectivity index (χ4n) is 2.31. The maximum absolute atomic E-state index is 12.4. The molecule has 0 radical (unpaired) electrons. The molecule has 0 aromatic heterocycles. The van der Waals surface area contributed by atoms with Gasteiger partial charge in [0, 0.05) is 14.1 Å². The fourth-order valence-corrected chi connectivity index (χ4v) is 3.55. The van der Waals surface area contributed by atoms with Crippen molar-refractivity contribution in [1.82, 2.24) is 9.62 Å². The Morgan fingerprint density at radius 1 is 1.25 bits per heavy atom. The third-order valence-corrected chi connectivity index (χ3v) is 5.16. The van der Waals surface area contributed by atoms with E-state index in [0.29, 0.717) is 0 Å². The van der Waals surface area contributed by atoms with E-state index in [1.54, 1.807) is 44.4 Å². The van der Waals surface area contributed by atoms with Crippen molar-refractivity contribution in [3.05, 3.63) is 42.5 Å². The van der Waals surface area contributed by atoms with Crippen LogP contribution in [0.3, 0.4) is 0 Å². The zero-order chi connectivity index (χ0) is 17.7. The van der Waals surface area contributed by atoms with Crippen molar-refractivity contribution >= 4 is 15.9 Å². The summed E-state index contributed by atoms with van der Waals surface area (Å²) >= 11 is 0. The number of hydrogen-bond donors (Lipinski definition) is 2. The van der Waals surface area contributed by atoms with Crippen LogP contribution in [-0.4, -0.2) is 63.3 Å². The van der Waals surface area contributed by atoms with Gasteiger partial charge in [0.05, 0.1) is 30.1 Å². The molecule has 1 aliphatic heterocycles. The summed E-state index contributed by atoms with van der Waals surface area (Å²) in [6, 6.07) is 7.27. The van der Waals surface area contributed by atoms with Crippen LogP contribution in [0.2, 0.25) is 0 Å². The molecule has 0 spiro atoms. The summed E-state index contributed by atoms with van der Waals surface area (Å²) < 4.78 is 32.9. The Balaban J connectivity index is 2.09. The van der Waals surface area contributed by atoms with Gasteiger partial charge in [0.1, 0.15) is 6.10 Å². The van der Waals surface area contributed by atoms with Gasteiger partial charge in [0.15, 0.2) is 0 Å². The van der Waals surface area contributed by atoms with Crippen LogP contribution in [0.15, 0.2) is 47.4 Å². The van der Waals surface area contributed by atoms with E-state index in [1.165, 1.54) is 17.0 Å². The Morgan fingerprint density at radius 3 is 2.50 bits per heavy atom. The molecule has 0 saturated carbocycles. The molecular formula is C16H22N2O5S. The molecule has 0 saturated heterocycles. The van der Waals surface area contributed by atoms with Gasteiger partial charge in [-0.3, -0.25) is 4.79 Å². The number of amides is 1. The van der Waals surface area contributed by atoms with Crippen LogP contribution in [0.4, 0.5) is 0 Å². The van der Waals surface area contributed by atoms with Crippen molar-refractivity contribution in [2.45, 2.75) is 29.6 Å². The molecule has 1 aliphatic rings. The molecule has 3 atom stereocenters. The quantitative estimate of drug-likeness (QED) is 0.708. The van der Waals surface area contributed by atoms with E-state index in [2.05, 4.69) is 4.72 Å². The number of benzene rings is 1. The van der Waals surface area contributed by atoms with Crippen LogP contribution >= 0.6 is 0 Å². The van der Waals surface area contributed by atoms with Crippen molar-refractivity contribution in [3.63, 3.8) is 0 Å². The predicted octanol–water partition coefficient (Wildman–Crippen LogP) is 0.128. The zero-order valence-corrected chi connectivity index (χ0v) is 14.4. The van der Waals surface area contributed by atoms with Gasteiger partial charge in [-0.2, -0.15) is 0 Å². The summed E-state index contributed by atoms with van der Waals surface area (Å²) in [5.41, 5.74) is 0. The standard InChI is InChI=1S/C16H22N2O5S/c1-18(2)16(20)10-12-8-9-14(15(11-19)23-12)17-24(21,22)13-6-4-3-5-7-13/h3-9,12,14-15,17,19H,10-11H2,1-2H3/t12-,14+,15-/m1/s1. The monoisotopic (exact) mass is 354 g/mol. The number of sulfonamides is 1. The molecule has 2 rings (SSSR count). The highest BCUT2D eigenvalue weighted by Gasteiger charge is 2.31. The molecular weight excluding hydrogens is 332 g/mol. The Labute approximate surface area is 142 Å². The smallest absolute Gasteiger partial charge is 0.241 e. The number of hydrogen-bond acceptors (Lipinski definition) is 5. The number of aliphatic hydroxyl groups is 1. The Bertz CT molecular complexity index is 688. The summed E-state index contributed by atoms with van der Waals surface area (Å²) in [5.74, 6) is -0.107. The van der Waals surface area contributed by atoms with Gasteiger partial charge >= 0.3 is 0 Å². The van der Waals surface area contributed by atoms with Gasteiger partial charge in [-0.05, 0) is 12.1 Å². The van der Waals surface area contributed by atoms with Crippen LogP contribution in [-0.2, 0) is 19.6 Å². The van der Waals surface area contributed by atoms with Gasteiger partial charge in [-0.15, -0.1) is 0 Å². The van der Waals surface area contributed by atoms with Crippen molar-refractivity contribution in [3.8, 4) is 0 Å². The number of nitrogens with one attached hydrogen (secondary N) is 1. The second-order valence-corrected chi connectivity index (χ2v) is 7.45. The molecule has 132 valence electrons. The lowest BCUT2D eigenvalue weighted by Gasteiger charge is -2.31. The van der Waals surface area contributed by atoms with Crippen LogP contribution in [0, 0.1) is 0 Å². The predicted molar refractivity (Wildman–Crippen MR) is 88.7 cm³/mol. The minimum atomic E-state index is -3.72. The van der Waals surface area contributed by atoms with E-state index in [-0.39, 0.29) is 23.8 Å². The minimum absolute atomic E-state index is 0.107. The first-order valence-corrected chi connectivity index (χ1v) is 9.04. The van der Waals surface area contributed by atoms with Crippen molar-refractivity contribution < 1.29 is 23.1 Å². The second kappa shape index (κ2) is 7.89. The first-order valence-electron chi connectivity index (χ1n) is 7.55. The van der Waals surface area contributed by atoms with Gasteiger partial charge in [0.25, 0.3) is 0 Å². The number of aliphatic hydroxyl groups excluding tert-OH is 1. The Kier molecular flexibility index (Phi) is 6.11. The van der Waals surface area contributed by atoms with Gasteiger partial charge in [-0.25, -0.2) is 13.1 Å². The summed E-state index contributed by atoms with van der Waals surface area (Å²) in [5, 5.41) is 9.50. The molecule has 1 aromatic carbocycles. The summed E-state index contributed by atoms with van der Waals surface area (Å²) in [7, 11) is -0.428. The number of nitrogens with zero attached hydrogens (tertiary/aromatic N) is 1. The van der Waals surface area contributed by atoms with Crippen LogP contribution in [0.1, 0.15) is 6.42 Å². The second-order valence-electron chi connectivity index (χ2n) is 5.73. The van der Waals surface area contributed by atoms with Gasteiger partial charge in [-0.1, -0.05) is 30.4 Å². The maximum Gasteiger partial charge on any atom is 0.241 e. The summed E-state index contributed by atoms with van der Waals surface area (Å²) in [6.45, 7) is -0.362. The Hall–Kier alpha value is -1.74. The largest absolute Gasteiger partial charge is 0.394 e. The molecule has 8 heteroatoms. The summed E-state index contributed by atoms with van der Waals surface area (Å²) in [6.07, 6.45) is 2.16. The number of carbonyl (C=O) groups excluding carboxylic acids is 1. The lowest BCUT2D eigenvalue weighted by molar-refractivity contribution is -0.132. The lowest BCUT2D eigenvalue weighted by Crippen LogP contribution is -2.48. The molecule has 0 bridgehead atoms. The molecule has 7 nitrogen and oxygen atoms in total. The number of rotatable bonds is 6. The molecule has 24 heavy (non-hydrogen) atoms. The van der Waals surface area contributed by atoms with Gasteiger partial charge < -0.3 is 14.7 Å². The average Bonchev–Trinajstić information content (AvgIpc) is 2.56. The molecule has 1 heterocycles. The molecule has 0 fully saturated rings. The molecule has 0 aliphatic carbocycles. The number of carbonyl (C=O) groups is 1. The van der Waals surface area contributed by atoms with E-state index in [4.69, 9.17) is 4.74 Å². The highest BCUT2D eigenvalue weighted by molar-refractivity contribution is 7.89. The highest BCUT2D eigenvalue weighted by atomic mass is 32.2. The third-order valence-electron chi connectivity index (χ3n) is 3.68. The van der Waals surface area contributed by atoms with E-state index in [1.807, 2.05) is 0 Å². The first kappa shape index (κ1) is 18.6. The van der Waals surface area contributed by atoms with Gasteiger partial charge in [0.2, 0.25) is 15.9 Å².